The van der Waals surface area contributed by atoms with Gasteiger partial charge < -0.3 is 15.5 Å². The standard InChI is InChI=1S/C31H28Cl2FN9/c1-2-42-10-7-23(8-11-42)43-18-28(40-41-43)30(19-4-3-9-36-16-19)39-22-12-24-29(38-21-5-6-27(34)25(32)13-21)20(15-35)17-37-31(24)26(33)14-22/h3-6,9,12-14,16-18,23,30,39H,2,7-8,10-11H2,1H3,(H,37,38)/t30-/m0/s1. The molecule has 0 aliphatic carbocycles. The molecule has 218 valence electrons. The van der Waals surface area contributed by atoms with Crippen LogP contribution in [0.2, 0.25) is 10.0 Å². The maximum Gasteiger partial charge on any atom is 0.141 e. The van der Waals surface area contributed by atoms with E-state index in [4.69, 9.17) is 23.2 Å². The second kappa shape index (κ2) is 12.5. The molecule has 0 saturated carbocycles. The number of nitrogens with zero attached hydrogens (tertiary/aromatic N) is 7. The van der Waals surface area contributed by atoms with Crippen LogP contribution in [0.3, 0.4) is 0 Å². The number of benzene rings is 2. The number of piperidine rings is 1. The van der Waals surface area contributed by atoms with Gasteiger partial charge in [-0.1, -0.05) is 41.4 Å². The Kier molecular flexibility index (Phi) is 8.38. The van der Waals surface area contributed by atoms with E-state index in [-0.39, 0.29) is 17.1 Å². The van der Waals surface area contributed by atoms with Gasteiger partial charge >= 0.3 is 0 Å². The molecule has 3 aromatic heterocycles. The van der Waals surface area contributed by atoms with Crippen molar-refractivity contribution in [1.29, 1.82) is 5.26 Å². The normalized spacial score (nSPS) is 14.9. The maximum absolute atomic E-state index is 13.8. The van der Waals surface area contributed by atoms with E-state index in [0.29, 0.717) is 38.6 Å². The quantitative estimate of drug-likeness (QED) is 0.190. The molecule has 0 amide bonds. The minimum absolute atomic E-state index is 0.0365. The highest BCUT2D eigenvalue weighted by Crippen LogP contribution is 2.37. The highest BCUT2D eigenvalue weighted by Gasteiger charge is 2.24. The number of pyridine rings is 2. The SMILES string of the molecule is CCN1CCC(n2cc([C@@H](Nc3cc(Cl)c4ncc(C#N)c(Nc5ccc(F)c(Cl)c5)c4c3)c3cccnc3)nn2)CC1. The first-order chi connectivity index (χ1) is 20.9. The third-order valence-electron chi connectivity index (χ3n) is 7.77. The molecule has 0 unspecified atom stereocenters. The lowest BCUT2D eigenvalue weighted by molar-refractivity contribution is 0.186. The average Bonchev–Trinajstić information content (AvgIpc) is 3.52. The number of rotatable bonds is 8. The highest BCUT2D eigenvalue weighted by atomic mass is 35.5. The molecule has 0 bridgehead atoms. The lowest BCUT2D eigenvalue weighted by Crippen LogP contribution is -2.34. The van der Waals surface area contributed by atoms with Crippen molar-refractivity contribution in [3.8, 4) is 6.07 Å². The van der Waals surface area contributed by atoms with Crippen LogP contribution < -0.4 is 10.6 Å². The third-order valence-corrected chi connectivity index (χ3v) is 8.34. The van der Waals surface area contributed by atoms with Crippen LogP contribution >= 0.6 is 23.2 Å². The average molecular weight is 617 g/mol. The van der Waals surface area contributed by atoms with Gasteiger partial charge in [-0.25, -0.2) is 9.07 Å². The second-order valence-corrected chi connectivity index (χ2v) is 11.2. The van der Waals surface area contributed by atoms with Crippen LogP contribution in [0.4, 0.5) is 21.5 Å². The van der Waals surface area contributed by atoms with Gasteiger partial charge in [0.1, 0.15) is 17.6 Å². The fourth-order valence-electron chi connectivity index (χ4n) is 5.42. The molecule has 2 N–H and O–H groups in total. The van der Waals surface area contributed by atoms with Gasteiger partial charge in [-0.15, -0.1) is 5.10 Å². The number of likely N-dealkylation sites (tertiary alicyclic amines) is 1. The molecular formula is C31H28Cl2FN9. The summed E-state index contributed by atoms with van der Waals surface area (Å²) in [6.45, 7) is 5.31. The number of anilines is 3. The van der Waals surface area contributed by atoms with Gasteiger partial charge in [0.25, 0.3) is 0 Å². The maximum atomic E-state index is 13.8. The Balaban J connectivity index is 1.37. The van der Waals surface area contributed by atoms with E-state index in [9.17, 15) is 9.65 Å². The number of hydrogen-bond acceptors (Lipinski definition) is 8. The molecule has 1 saturated heterocycles. The molecule has 1 fully saturated rings. The van der Waals surface area contributed by atoms with Crippen molar-refractivity contribution in [3.63, 3.8) is 0 Å². The summed E-state index contributed by atoms with van der Waals surface area (Å²) < 4.78 is 15.8. The number of halogens is 3. The molecule has 1 atom stereocenters. The van der Waals surface area contributed by atoms with Gasteiger partial charge in [0.2, 0.25) is 0 Å². The minimum Gasteiger partial charge on any atom is -0.373 e. The lowest BCUT2D eigenvalue weighted by atomic mass is 10.0. The van der Waals surface area contributed by atoms with Crippen molar-refractivity contribution >= 4 is 51.2 Å². The molecule has 5 aromatic rings. The molecule has 6 rings (SSSR count). The summed E-state index contributed by atoms with van der Waals surface area (Å²) in [6, 6.07) is 13.9. The Morgan fingerprint density at radius 2 is 1.91 bits per heavy atom. The zero-order valence-electron chi connectivity index (χ0n) is 23.3. The van der Waals surface area contributed by atoms with Crippen molar-refractivity contribution < 1.29 is 4.39 Å². The van der Waals surface area contributed by atoms with E-state index in [0.717, 1.165) is 43.7 Å². The summed E-state index contributed by atoms with van der Waals surface area (Å²) >= 11 is 12.8. The van der Waals surface area contributed by atoms with Gasteiger partial charge in [0.05, 0.1) is 45.1 Å². The van der Waals surface area contributed by atoms with Gasteiger partial charge in [0, 0.05) is 48.4 Å². The van der Waals surface area contributed by atoms with Crippen LogP contribution in [0.25, 0.3) is 10.9 Å². The Morgan fingerprint density at radius 3 is 2.63 bits per heavy atom. The summed E-state index contributed by atoms with van der Waals surface area (Å²) in [5.74, 6) is -0.536. The van der Waals surface area contributed by atoms with Gasteiger partial charge in [0.15, 0.2) is 0 Å². The van der Waals surface area contributed by atoms with E-state index in [1.807, 2.05) is 29.1 Å². The highest BCUT2D eigenvalue weighted by molar-refractivity contribution is 6.36. The van der Waals surface area contributed by atoms with E-state index in [1.165, 1.54) is 18.3 Å². The third kappa shape index (κ3) is 6.11. The summed E-state index contributed by atoms with van der Waals surface area (Å²) in [7, 11) is 0. The second-order valence-electron chi connectivity index (χ2n) is 10.4. The predicted molar refractivity (Wildman–Crippen MR) is 166 cm³/mol. The topological polar surface area (TPSA) is 108 Å². The number of nitriles is 1. The molecule has 12 heteroatoms. The first kappa shape index (κ1) is 28.8. The number of nitrogens with one attached hydrogen (secondary N) is 2. The smallest absolute Gasteiger partial charge is 0.141 e. The Labute approximate surface area is 258 Å². The zero-order valence-corrected chi connectivity index (χ0v) is 24.8. The summed E-state index contributed by atoms with van der Waals surface area (Å²) in [4.78, 5) is 11.2. The molecule has 4 heterocycles. The number of aromatic nitrogens is 5. The Hall–Kier alpha value is -4.30. The zero-order chi connectivity index (χ0) is 29.9. The molecule has 0 spiro atoms. The van der Waals surface area contributed by atoms with Crippen molar-refractivity contribution in [1.82, 2.24) is 29.9 Å². The first-order valence-electron chi connectivity index (χ1n) is 14.0. The summed E-state index contributed by atoms with van der Waals surface area (Å²) in [6.07, 6.45) is 9.01. The molecule has 43 heavy (non-hydrogen) atoms. The number of fused-ring (bicyclic) bond motifs is 1. The lowest BCUT2D eigenvalue weighted by Gasteiger charge is -2.30. The summed E-state index contributed by atoms with van der Waals surface area (Å²) in [5, 5.41) is 26.7. The van der Waals surface area contributed by atoms with Crippen molar-refractivity contribution in [2.24, 2.45) is 0 Å². The van der Waals surface area contributed by atoms with Crippen LogP contribution in [-0.2, 0) is 0 Å². The number of hydrogen-bond donors (Lipinski definition) is 2. The molecule has 1 aliphatic rings. The first-order valence-corrected chi connectivity index (χ1v) is 14.7. The van der Waals surface area contributed by atoms with Crippen molar-refractivity contribution in [2.45, 2.75) is 31.8 Å². The van der Waals surface area contributed by atoms with E-state index < -0.39 is 5.82 Å². The monoisotopic (exact) mass is 615 g/mol. The molecule has 1 aliphatic heterocycles. The summed E-state index contributed by atoms with van der Waals surface area (Å²) in [5.41, 5.74) is 4.10. The molecular weight excluding hydrogens is 588 g/mol. The molecule has 0 radical (unpaired) electrons. The predicted octanol–water partition coefficient (Wildman–Crippen LogP) is 7.14. The fourth-order valence-corrected chi connectivity index (χ4v) is 5.87. The fraction of sp³-hybridized carbons (Fsp3) is 0.258. The van der Waals surface area contributed by atoms with Crippen LogP contribution in [0.1, 0.15) is 48.7 Å². The Bertz CT molecular complexity index is 1800. The molecule has 9 nitrogen and oxygen atoms in total. The van der Waals surface area contributed by atoms with Gasteiger partial charge in [-0.05, 0) is 61.3 Å². The molecule has 2 aromatic carbocycles. The minimum atomic E-state index is -0.536. The largest absolute Gasteiger partial charge is 0.373 e. The van der Waals surface area contributed by atoms with E-state index in [2.05, 4.69) is 48.8 Å². The van der Waals surface area contributed by atoms with Crippen LogP contribution in [0.15, 0.2) is 67.3 Å². The van der Waals surface area contributed by atoms with Crippen LogP contribution in [0, 0.1) is 17.1 Å². The Morgan fingerprint density at radius 1 is 1.09 bits per heavy atom. The van der Waals surface area contributed by atoms with Gasteiger partial charge in [-0.3, -0.25) is 9.97 Å². The van der Waals surface area contributed by atoms with Crippen molar-refractivity contribution in [3.05, 3.63) is 99.9 Å². The van der Waals surface area contributed by atoms with Crippen molar-refractivity contribution in [2.75, 3.05) is 30.3 Å². The van der Waals surface area contributed by atoms with Crippen LogP contribution in [-0.4, -0.2) is 49.5 Å². The van der Waals surface area contributed by atoms with Gasteiger partial charge in [-0.2, -0.15) is 5.26 Å². The van der Waals surface area contributed by atoms with E-state index >= 15 is 0 Å². The van der Waals surface area contributed by atoms with E-state index in [1.54, 1.807) is 24.5 Å². The van der Waals surface area contributed by atoms with Crippen LogP contribution in [0.5, 0.6) is 0 Å².